The highest BCUT2D eigenvalue weighted by atomic mass is 19.4. The number of oxazole rings is 1. The first-order valence-corrected chi connectivity index (χ1v) is 9.96. The number of carbonyl (C=O) groups is 1. The lowest BCUT2D eigenvalue weighted by molar-refractivity contribution is -0.141. The van der Waals surface area contributed by atoms with Gasteiger partial charge in [-0.15, -0.1) is 0 Å². The molecule has 3 atom stereocenters. The van der Waals surface area contributed by atoms with E-state index < -0.39 is 17.7 Å². The van der Waals surface area contributed by atoms with Crippen molar-refractivity contribution in [2.24, 2.45) is 5.92 Å². The van der Waals surface area contributed by atoms with E-state index in [1.807, 2.05) is 0 Å². The van der Waals surface area contributed by atoms with Crippen LogP contribution in [-0.2, 0) is 6.18 Å². The van der Waals surface area contributed by atoms with Crippen molar-refractivity contribution in [3.05, 3.63) is 60.1 Å². The van der Waals surface area contributed by atoms with Crippen LogP contribution < -0.4 is 5.32 Å². The topological polar surface area (TPSA) is 84.2 Å². The Morgan fingerprint density at radius 3 is 2.66 bits per heavy atom. The molecule has 1 saturated carbocycles. The van der Waals surface area contributed by atoms with Gasteiger partial charge in [0.2, 0.25) is 5.89 Å². The number of hydrogen-bond acceptors (Lipinski definition) is 6. The molecule has 3 aromatic rings. The van der Waals surface area contributed by atoms with Crippen LogP contribution >= 0.6 is 0 Å². The van der Waals surface area contributed by atoms with Gasteiger partial charge in [0.25, 0.3) is 5.91 Å². The van der Waals surface area contributed by atoms with Gasteiger partial charge in [0.05, 0.1) is 35.8 Å². The number of halogens is 4. The Kier molecular flexibility index (Phi) is 4.83. The number of alkyl halides is 3. The van der Waals surface area contributed by atoms with Crippen LogP contribution in [0.15, 0.2) is 47.5 Å². The minimum atomic E-state index is -4.56. The molecule has 2 fully saturated rings. The number of nitrogens with one attached hydrogen (secondary N) is 1. The first-order valence-electron chi connectivity index (χ1n) is 9.96. The Hall–Kier alpha value is -3.50. The van der Waals surface area contributed by atoms with Crippen LogP contribution in [0.1, 0.15) is 28.9 Å². The third kappa shape index (κ3) is 3.67. The van der Waals surface area contributed by atoms with Gasteiger partial charge in [-0.05, 0) is 37.0 Å². The quantitative estimate of drug-likeness (QED) is 0.609. The second-order valence-corrected chi connectivity index (χ2v) is 7.92. The average Bonchev–Trinajstić information content (AvgIpc) is 3.50. The molecular weight excluding hydrogens is 430 g/mol. The fraction of sp³-hybridized carbons (Fsp3) is 0.333. The van der Waals surface area contributed by atoms with Crippen LogP contribution in [0.5, 0.6) is 0 Å². The lowest BCUT2D eigenvalue weighted by atomic mass is 10.0. The Labute approximate surface area is 179 Å². The van der Waals surface area contributed by atoms with Crippen LogP contribution in [-0.4, -0.2) is 44.4 Å². The zero-order chi connectivity index (χ0) is 22.5. The molecule has 2 bridgehead atoms. The molecule has 0 spiro atoms. The SMILES string of the molecule is O=C(c1cc(F)ccc1-c1ncco1)N1C[C@H]2C[C@@H](Nc3cnc(C(F)(F)F)cn3)[C@@H]1C2. The number of hydrogen-bond donors (Lipinski definition) is 1. The van der Waals surface area contributed by atoms with E-state index in [4.69, 9.17) is 4.42 Å². The summed E-state index contributed by atoms with van der Waals surface area (Å²) in [5, 5.41) is 3.10. The highest BCUT2D eigenvalue weighted by Gasteiger charge is 2.47. The molecule has 166 valence electrons. The Bertz CT molecular complexity index is 1130. The summed E-state index contributed by atoms with van der Waals surface area (Å²) in [5.41, 5.74) is -0.534. The van der Waals surface area contributed by atoms with Gasteiger partial charge < -0.3 is 14.6 Å². The molecule has 0 unspecified atom stereocenters. The molecule has 32 heavy (non-hydrogen) atoms. The second-order valence-electron chi connectivity index (χ2n) is 7.92. The normalized spacial score (nSPS) is 22.4. The molecule has 2 aliphatic rings. The molecule has 1 aliphatic carbocycles. The summed E-state index contributed by atoms with van der Waals surface area (Å²) in [7, 11) is 0. The zero-order valence-corrected chi connectivity index (χ0v) is 16.5. The summed E-state index contributed by atoms with van der Waals surface area (Å²) in [6.45, 7) is 0.516. The number of piperidine rings is 1. The molecular formula is C21H17F4N5O2. The number of rotatable bonds is 4. The number of fused-ring (bicyclic) bond motifs is 2. The van der Waals surface area contributed by atoms with Crippen molar-refractivity contribution in [1.29, 1.82) is 0 Å². The number of aromatic nitrogens is 3. The van der Waals surface area contributed by atoms with E-state index in [1.165, 1.54) is 24.6 Å². The lowest BCUT2D eigenvalue weighted by Gasteiger charge is -2.34. The van der Waals surface area contributed by atoms with E-state index in [0.29, 0.717) is 18.3 Å². The van der Waals surface area contributed by atoms with Crippen molar-refractivity contribution in [2.75, 3.05) is 11.9 Å². The summed E-state index contributed by atoms with van der Waals surface area (Å²) in [6, 6.07) is 3.44. The van der Waals surface area contributed by atoms with Crippen molar-refractivity contribution in [1.82, 2.24) is 19.9 Å². The van der Waals surface area contributed by atoms with Gasteiger partial charge >= 0.3 is 6.18 Å². The Balaban J connectivity index is 1.37. The largest absolute Gasteiger partial charge is 0.445 e. The van der Waals surface area contributed by atoms with Gasteiger partial charge in [-0.1, -0.05) is 0 Å². The molecule has 2 aromatic heterocycles. The van der Waals surface area contributed by atoms with Crippen molar-refractivity contribution in [3.63, 3.8) is 0 Å². The molecule has 1 saturated heterocycles. The van der Waals surface area contributed by atoms with Crippen LogP contribution in [0.3, 0.4) is 0 Å². The van der Waals surface area contributed by atoms with Crippen molar-refractivity contribution in [2.45, 2.75) is 31.1 Å². The molecule has 1 amide bonds. The summed E-state index contributed by atoms with van der Waals surface area (Å²) in [6.07, 6.45) is 1.44. The zero-order valence-electron chi connectivity index (χ0n) is 16.5. The summed E-state index contributed by atoms with van der Waals surface area (Å²) >= 11 is 0. The highest BCUT2D eigenvalue weighted by Crippen LogP contribution is 2.40. The maximum absolute atomic E-state index is 14.0. The molecule has 5 rings (SSSR count). The van der Waals surface area contributed by atoms with Gasteiger partial charge in [0, 0.05) is 12.6 Å². The average molecular weight is 447 g/mol. The third-order valence-electron chi connectivity index (χ3n) is 5.89. The fourth-order valence-electron chi connectivity index (χ4n) is 4.54. The van der Waals surface area contributed by atoms with E-state index in [-0.39, 0.29) is 41.2 Å². The lowest BCUT2D eigenvalue weighted by Crippen LogP contribution is -2.48. The van der Waals surface area contributed by atoms with Gasteiger partial charge in [-0.3, -0.25) is 4.79 Å². The number of likely N-dealkylation sites (tertiary alicyclic amines) is 1. The molecule has 11 heteroatoms. The molecule has 0 radical (unpaired) electrons. The minimum absolute atomic E-state index is 0.146. The smallest absolute Gasteiger partial charge is 0.434 e. The number of benzene rings is 1. The summed E-state index contributed by atoms with van der Waals surface area (Å²) < 4.78 is 57.4. The Morgan fingerprint density at radius 2 is 2.00 bits per heavy atom. The molecule has 7 nitrogen and oxygen atoms in total. The van der Waals surface area contributed by atoms with Crippen LogP contribution in [0, 0.1) is 11.7 Å². The predicted molar refractivity (Wildman–Crippen MR) is 104 cm³/mol. The number of carbonyl (C=O) groups excluding carboxylic acids is 1. The third-order valence-corrected chi connectivity index (χ3v) is 5.89. The van der Waals surface area contributed by atoms with Crippen molar-refractivity contribution < 1.29 is 26.8 Å². The molecule has 1 aromatic carbocycles. The van der Waals surface area contributed by atoms with Gasteiger partial charge in [-0.25, -0.2) is 19.3 Å². The van der Waals surface area contributed by atoms with E-state index in [0.717, 1.165) is 25.1 Å². The number of amides is 1. The fourth-order valence-corrected chi connectivity index (χ4v) is 4.54. The van der Waals surface area contributed by atoms with Crippen LogP contribution in [0.2, 0.25) is 0 Å². The highest BCUT2D eigenvalue weighted by molar-refractivity contribution is 6.00. The summed E-state index contributed by atoms with van der Waals surface area (Å²) in [5.74, 6) is -0.262. The summed E-state index contributed by atoms with van der Waals surface area (Å²) in [4.78, 5) is 26.3. The number of anilines is 1. The maximum Gasteiger partial charge on any atom is 0.434 e. The van der Waals surface area contributed by atoms with E-state index >= 15 is 0 Å². The first-order chi connectivity index (χ1) is 15.3. The van der Waals surface area contributed by atoms with E-state index in [1.54, 1.807) is 4.90 Å². The van der Waals surface area contributed by atoms with Crippen molar-refractivity contribution in [3.8, 4) is 11.5 Å². The first kappa shape index (κ1) is 20.4. The second kappa shape index (κ2) is 7.57. The van der Waals surface area contributed by atoms with Gasteiger partial charge in [0.15, 0.2) is 5.69 Å². The molecule has 1 aliphatic heterocycles. The molecule has 3 heterocycles. The van der Waals surface area contributed by atoms with Crippen LogP contribution in [0.4, 0.5) is 23.4 Å². The monoisotopic (exact) mass is 447 g/mol. The van der Waals surface area contributed by atoms with Gasteiger partial charge in [-0.2, -0.15) is 13.2 Å². The van der Waals surface area contributed by atoms with Crippen molar-refractivity contribution >= 4 is 11.7 Å². The Morgan fingerprint density at radius 1 is 1.16 bits per heavy atom. The van der Waals surface area contributed by atoms with Crippen LogP contribution in [0.25, 0.3) is 11.5 Å². The number of nitrogens with zero attached hydrogens (tertiary/aromatic N) is 4. The standard InChI is InChI=1S/C21H17F4N5O2/c22-12-1-2-13(19-26-3-4-32-19)14(7-12)20(31)30-10-11-5-15(16(30)6-11)29-18-9-27-17(8-28-18)21(23,24)25/h1-4,7-9,11,15-16H,5-6,10H2,(H,28,29)/t11-,15+,16-/m0/s1. The minimum Gasteiger partial charge on any atom is -0.445 e. The molecule has 1 N–H and O–H groups in total. The van der Waals surface area contributed by atoms with Gasteiger partial charge in [0.1, 0.15) is 17.9 Å². The van der Waals surface area contributed by atoms with E-state index in [9.17, 15) is 22.4 Å². The maximum atomic E-state index is 14.0. The van der Waals surface area contributed by atoms with E-state index in [2.05, 4.69) is 20.3 Å². The predicted octanol–water partition coefficient (Wildman–Crippen LogP) is 4.00.